The Bertz CT molecular complexity index is 1100. The van der Waals surface area contributed by atoms with E-state index >= 15 is 0 Å². The minimum Gasteiger partial charge on any atom is -0.496 e. The molecular weight excluding hydrogens is 392 g/mol. The Morgan fingerprint density at radius 3 is 2.45 bits per heavy atom. The van der Waals surface area contributed by atoms with E-state index in [2.05, 4.69) is 16.3 Å². The van der Waals surface area contributed by atoms with Crippen LogP contribution >= 0.6 is 11.3 Å². The lowest BCUT2D eigenvalue weighted by Crippen LogP contribution is -2.21. The van der Waals surface area contributed by atoms with Crippen molar-refractivity contribution in [2.24, 2.45) is 5.73 Å². The van der Waals surface area contributed by atoms with Crippen LogP contribution in [0, 0.1) is 11.3 Å². The molecule has 148 valence electrons. The summed E-state index contributed by atoms with van der Waals surface area (Å²) in [6.45, 7) is 0. The maximum atomic E-state index is 9.90. The Morgan fingerprint density at radius 2 is 1.90 bits per heavy atom. The Labute approximate surface area is 171 Å². The number of aromatic amines is 1. The number of benzene rings is 1. The lowest BCUT2D eigenvalue weighted by molar-refractivity contribution is 0.358. The van der Waals surface area contributed by atoms with E-state index in [4.69, 9.17) is 24.7 Å². The maximum absolute atomic E-state index is 9.90. The summed E-state index contributed by atoms with van der Waals surface area (Å²) in [4.78, 5) is 0.955. The first-order valence-corrected chi connectivity index (χ1v) is 9.50. The molecule has 0 spiro atoms. The number of allylic oxidation sites excluding steroid dienone is 1. The number of H-pyrrole nitrogens is 1. The van der Waals surface area contributed by atoms with E-state index < -0.39 is 5.92 Å². The molecule has 4 rings (SSSR count). The van der Waals surface area contributed by atoms with Crippen molar-refractivity contribution >= 4 is 11.3 Å². The summed E-state index contributed by atoms with van der Waals surface area (Å²) >= 11 is 1.55. The number of nitrogens with one attached hydrogen (secondary N) is 1. The molecular formula is C20H18N4O4S. The largest absolute Gasteiger partial charge is 0.496 e. The number of aromatic nitrogens is 2. The summed E-state index contributed by atoms with van der Waals surface area (Å²) in [5.41, 5.74) is 8.41. The van der Waals surface area contributed by atoms with E-state index in [0.29, 0.717) is 34.3 Å². The van der Waals surface area contributed by atoms with Gasteiger partial charge in [-0.25, -0.2) is 0 Å². The van der Waals surface area contributed by atoms with E-state index in [1.807, 2.05) is 17.5 Å². The highest BCUT2D eigenvalue weighted by molar-refractivity contribution is 7.13. The normalized spacial score (nSPS) is 15.3. The molecule has 0 unspecified atom stereocenters. The Morgan fingerprint density at radius 1 is 1.17 bits per heavy atom. The van der Waals surface area contributed by atoms with Crippen LogP contribution in [0.3, 0.4) is 0 Å². The third-order valence-corrected chi connectivity index (χ3v) is 5.64. The molecule has 0 radical (unpaired) electrons. The second-order valence-electron chi connectivity index (χ2n) is 6.17. The lowest BCUT2D eigenvalue weighted by atomic mass is 9.82. The van der Waals surface area contributed by atoms with Crippen LogP contribution in [0.4, 0.5) is 0 Å². The first kappa shape index (κ1) is 18.7. The molecule has 3 N–H and O–H groups in total. The maximum Gasteiger partial charge on any atom is 0.244 e. The van der Waals surface area contributed by atoms with E-state index in [1.165, 1.54) is 0 Å². The van der Waals surface area contributed by atoms with E-state index in [-0.39, 0.29) is 11.5 Å². The molecule has 1 aliphatic rings. The van der Waals surface area contributed by atoms with E-state index in [9.17, 15) is 5.26 Å². The highest BCUT2D eigenvalue weighted by atomic mass is 32.1. The fourth-order valence-electron chi connectivity index (χ4n) is 3.46. The molecule has 1 aromatic carbocycles. The minimum absolute atomic E-state index is 0.00541. The number of thiophene rings is 1. The lowest BCUT2D eigenvalue weighted by Gasteiger charge is -2.27. The van der Waals surface area contributed by atoms with Gasteiger partial charge in [0.05, 0.1) is 43.4 Å². The number of nitrogens with zero attached hydrogens (tertiary/aromatic N) is 2. The molecule has 9 heteroatoms. The van der Waals surface area contributed by atoms with Gasteiger partial charge in [0.15, 0.2) is 0 Å². The van der Waals surface area contributed by atoms with Crippen LogP contribution in [-0.4, -0.2) is 31.5 Å². The van der Waals surface area contributed by atoms with Crippen LogP contribution in [0.1, 0.15) is 17.0 Å². The molecule has 1 atom stereocenters. The summed E-state index contributed by atoms with van der Waals surface area (Å²) in [7, 11) is 4.66. The molecule has 0 saturated carbocycles. The van der Waals surface area contributed by atoms with Gasteiger partial charge in [0.1, 0.15) is 28.9 Å². The Hall–Kier alpha value is -3.64. The zero-order valence-electron chi connectivity index (χ0n) is 16.0. The SMILES string of the molecule is COc1cc(OC)c([C@@H]2C(C#N)=C(N)Oc3n[nH]c(-c4cccs4)c32)c(OC)c1. The van der Waals surface area contributed by atoms with E-state index in [0.717, 1.165) is 10.6 Å². The molecule has 3 aromatic rings. The van der Waals surface area contributed by atoms with Gasteiger partial charge < -0.3 is 24.7 Å². The number of hydrogen-bond donors (Lipinski definition) is 2. The topological polar surface area (TPSA) is 115 Å². The van der Waals surface area contributed by atoms with E-state index in [1.54, 1.807) is 44.8 Å². The average molecular weight is 410 g/mol. The smallest absolute Gasteiger partial charge is 0.244 e. The van der Waals surface area contributed by atoms with Gasteiger partial charge in [0.2, 0.25) is 11.8 Å². The molecule has 2 aromatic heterocycles. The summed E-state index contributed by atoms with van der Waals surface area (Å²) in [5, 5.41) is 19.2. The summed E-state index contributed by atoms with van der Waals surface area (Å²) < 4.78 is 22.3. The summed E-state index contributed by atoms with van der Waals surface area (Å²) in [5.74, 6) is 1.27. The van der Waals surface area contributed by atoms with Crippen molar-refractivity contribution in [2.45, 2.75) is 5.92 Å². The second-order valence-corrected chi connectivity index (χ2v) is 7.11. The van der Waals surface area contributed by atoms with Gasteiger partial charge in [0.25, 0.3) is 0 Å². The van der Waals surface area contributed by atoms with Gasteiger partial charge in [0, 0.05) is 17.7 Å². The number of methoxy groups -OCH3 is 3. The molecule has 0 saturated heterocycles. The van der Waals surface area contributed by atoms with Crippen molar-refractivity contribution < 1.29 is 18.9 Å². The monoisotopic (exact) mass is 410 g/mol. The van der Waals surface area contributed by atoms with Crippen molar-refractivity contribution in [1.29, 1.82) is 5.26 Å². The average Bonchev–Trinajstić information content (AvgIpc) is 3.41. The van der Waals surface area contributed by atoms with Crippen LogP contribution in [0.25, 0.3) is 10.6 Å². The first-order valence-electron chi connectivity index (χ1n) is 8.62. The molecule has 0 fully saturated rings. The molecule has 29 heavy (non-hydrogen) atoms. The number of nitriles is 1. The quantitative estimate of drug-likeness (QED) is 0.662. The van der Waals surface area contributed by atoms with Crippen LogP contribution in [-0.2, 0) is 0 Å². The van der Waals surface area contributed by atoms with Crippen molar-refractivity contribution in [3.05, 3.63) is 52.2 Å². The van der Waals surface area contributed by atoms with Crippen LogP contribution in [0.5, 0.6) is 23.1 Å². The zero-order valence-corrected chi connectivity index (χ0v) is 16.8. The number of nitrogens with two attached hydrogens (primary N) is 1. The predicted octanol–water partition coefficient (Wildman–Crippen LogP) is 3.38. The third-order valence-electron chi connectivity index (χ3n) is 4.75. The summed E-state index contributed by atoms with van der Waals surface area (Å²) in [6.07, 6.45) is 0. The number of hydrogen-bond acceptors (Lipinski definition) is 8. The van der Waals surface area contributed by atoms with Crippen molar-refractivity contribution in [2.75, 3.05) is 21.3 Å². The second kappa shape index (κ2) is 7.41. The van der Waals surface area contributed by atoms with Gasteiger partial charge in [-0.3, -0.25) is 5.10 Å². The molecule has 3 heterocycles. The summed E-state index contributed by atoms with van der Waals surface area (Å²) in [6, 6.07) is 9.57. The fourth-order valence-corrected chi connectivity index (χ4v) is 4.19. The standard InChI is InChI=1S/C20H18N4O4S/c1-25-10-7-12(26-2)16(13(8-10)27-3)15-11(9-21)19(22)28-20-17(15)18(23-24-20)14-5-4-6-29-14/h4-8,15H,22H2,1-3H3,(H,23,24)/t15-/m0/s1. The van der Waals surface area contributed by atoms with Crippen molar-refractivity contribution in [3.63, 3.8) is 0 Å². The Balaban J connectivity index is 2.04. The van der Waals surface area contributed by atoms with Gasteiger partial charge >= 0.3 is 0 Å². The number of ether oxygens (including phenoxy) is 4. The molecule has 0 aliphatic carbocycles. The zero-order chi connectivity index (χ0) is 20.5. The van der Waals surface area contributed by atoms with Crippen LogP contribution in [0.15, 0.2) is 41.1 Å². The molecule has 0 bridgehead atoms. The molecule has 1 aliphatic heterocycles. The van der Waals surface area contributed by atoms with Gasteiger partial charge in [-0.15, -0.1) is 16.4 Å². The van der Waals surface area contributed by atoms with Crippen LogP contribution < -0.4 is 24.7 Å². The highest BCUT2D eigenvalue weighted by Crippen LogP contribution is 2.51. The predicted molar refractivity (Wildman–Crippen MR) is 107 cm³/mol. The van der Waals surface area contributed by atoms with Crippen molar-refractivity contribution in [1.82, 2.24) is 10.2 Å². The number of rotatable bonds is 5. The van der Waals surface area contributed by atoms with Crippen molar-refractivity contribution in [3.8, 4) is 39.8 Å². The number of fused-ring (bicyclic) bond motifs is 1. The van der Waals surface area contributed by atoms with Crippen LogP contribution in [0.2, 0.25) is 0 Å². The fraction of sp³-hybridized carbons (Fsp3) is 0.200. The molecule has 0 amide bonds. The van der Waals surface area contributed by atoms with Gasteiger partial charge in [-0.2, -0.15) is 5.26 Å². The van der Waals surface area contributed by atoms with Gasteiger partial charge in [-0.1, -0.05) is 6.07 Å². The Kier molecular flexibility index (Phi) is 4.78. The minimum atomic E-state index is -0.601. The first-order chi connectivity index (χ1) is 14.1. The van der Waals surface area contributed by atoms with Gasteiger partial charge in [-0.05, 0) is 11.4 Å². The third kappa shape index (κ3) is 2.94. The highest BCUT2D eigenvalue weighted by Gasteiger charge is 2.39. The molecule has 8 nitrogen and oxygen atoms in total.